The monoisotopic (exact) mass is 608 g/mol. The first-order valence-corrected chi connectivity index (χ1v) is 17.1. The number of ether oxygens (including phenoxy) is 2. The minimum Gasteiger partial charge on any atom is -0.489 e. The van der Waals surface area contributed by atoms with Gasteiger partial charge in [0.05, 0.1) is 10.2 Å². The van der Waals surface area contributed by atoms with Crippen molar-refractivity contribution in [1.82, 2.24) is 0 Å². The minimum atomic E-state index is -0.977. The van der Waals surface area contributed by atoms with Crippen LogP contribution in [0.5, 0.6) is 11.5 Å². The van der Waals surface area contributed by atoms with E-state index >= 15 is 0 Å². The number of aliphatic hydroxyl groups excluding tert-OH is 1. The molecular formula is C35H44O5S2. The van der Waals surface area contributed by atoms with Gasteiger partial charge in [0.1, 0.15) is 30.3 Å². The Morgan fingerprint density at radius 3 is 2.10 bits per heavy atom. The Bertz CT molecular complexity index is 1230. The van der Waals surface area contributed by atoms with Gasteiger partial charge in [-0.15, -0.1) is 23.5 Å². The molecule has 0 spiro atoms. The molecule has 1 unspecified atom stereocenters. The van der Waals surface area contributed by atoms with E-state index in [4.69, 9.17) is 9.47 Å². The molecule has 1 saturated heterocycles. The van der Waals surface area contributed by atoms with Crippen LogP contribution in [-0.4, -0.2) is 37.9 Å². The lowest BCUT2D eigenvalue weighted by Gasteiger charge is -2.36. The van der Waals surface area contributed by atoms with Gasteiger partial charge in [-0.2, -0.15) is 0 Å². The number of thioether (sulfide) groups is 2. The molecule has 4 rings (SSSR count). The van der Waals surface area contributed by atoms with Crippen molar-refractivity contribution in [3.05, 3.63) is 95.1 Å². The number of aliphatic hydroxyl groups is 1. The highest BCUT2D eigenvalue weighted by atomic mass is 32.2. The Kier molecular flexibility index (Phi) is 13.0. The highest BCUT2D eigenvalue weighted by Gasteiger charge is 2.32. The summed E-state index contributed by atoms with van der Waals surface area (Å²) in [7, 11) is 0. The van der Waals surface area contributed by atoms with Crippen LogP contribution < -0.4 is 9.47 Å². The lowest BCUT2D eigenvalue weighted by atomic mass is 9.98. The summed E-state index contributed by atoms with van der Waals surface area (Å²) in [5, 5.41) is 20.0. The maximum atomic E-state index is 12.5. The summed E-state index contributed by atoms with van der Waals surface area (Å²) in [6.45, 7) is 2.56. The smallest absolute Gasteiger partial charge is 0.339 e. The molecule has 1 aliphatic rings. The van der Waals surface area contributed by atoms with Crippen LogP contribution in [0.25, 0.3) is 0 Å². The van der Waals surface area contributed by atoms with Crippen LogP contribution in [0.3, 0.4) is 0 Å². The molecule has 5 nitrogen and oxygen atoms in total. The molecule has 0 aromatic heterocycles. The number of hydrogen-bond donors (Lipinski definition) is 2. The molecule has 2 N–H and O–H groups in total. The molecule has 3 aromatic rings. The molecular weight excluding hydrogens is 565 g/mol. The standard InChI is InChI=1S/C35H44O5S2/c1-27(36)13-11-20-35(41-21-12-22-42-35)19-10-4-9-18-30-23-31(39-25-28-14-5-2-6-15-28)24-32(33(30)34(37)38)40-26-29-16-7-3-8-17-29/h2-3,5-8,14-17,23-24,27,36H,4,9-13,18-22,25-26H2,1H3,(H,37,38). The van der Waals surface area contributed by atoms with Gasteiger partial charge in [0.2, 0.25) is 0 Å². The molecule has 1 fully saturated rings. The van der Waals surface area contributed by atoms with Gasteiger partial charge in [-0.25, -0.2) is 4.79 Å². The fourth-order valence-electron chi connectivity index (χ4n) is 5.34. The Hall–Kier alpha value is -2.61. The van der Waals surface area contributed by atoms with Gasteiger partial charge in [-0.1, -0.05) is 73.5 Å². The number of hydrogen-bond acceptors (Lipinski definition) is 6. The predicted molar refractivity (Wildman–Crippen MR) is 175 cm³/mol. The zero-order valence-corrected chi connectivity index (χ0v) is 26.3. The largest absolute Gasteiger partial charge is 0.489 e. The third kappa shape index (κ3) is 10.3. The van der Waals surface area contributed by atoms with Crippen molar-refractivity contribution < 1.29 is 24.5 Å². The maximum absolute atomic E-state index is 12.5. The summed E-state index contributed by atoms with van der Waals surface area (Å²) >= 11 is 4.21. The van der Waals surface area contributed by atoms with Crippen molar-refractivity contribution in [3.63, 3.8) is 0 Å². The van der Waals surface area contributed by atoms with E-state index in [0.29, 0.717) is 24.5 Å². The van der Waals surface area contributed by atoms with Crippen molar-refractivity contribution in [3.8, 4) is 11.5 Å². The van der Waals surface area contributed by atoms with Gasteiger partial charge >= 0.3 is 5.97 Å². The topological polar surface area (TPSA) is 76.0 Å². The molecule has 0 aliphatic carbocycles. The average Bonchev–Trinajstić information content (AvgIpc) is 3.00. The van der Waals surface area contributed by atoms with Gasteiger partial charge < -0.3 is 19.7 Å². The number of benzene rings is 3. The first-order chi connectivity index (χ1) is 20.4. The number of aryl methyl sites for hydroxylation is 1. The van der Waals surface area contributed by atoms with Gasteiger partial charge in [0.25, 0.3) is 0 Å². The van der Waals surface area contributed by atoms with Crippen molar-refractivity contribution in [1.29, 1.82) is 0 Å². The fourth-order valence-corrected chi connectivity index (χ4v) is 8.83. The third-order valence-electron chi connectivity index (χ3n) is 7.56. The zero-order valence-electron chi connectivity index (χ0n) is 24.6. The van der Waals surface area contributed by atoms with Crippen LogP contribution in [0.2, 0.25) is 0 Å². The lowest BCUT2D eigenvalue weighted by Crippen LogP contribution is -2.25. The number of aromatic carboxylic acids is 1. The van der Waals surface area contributed by atoms with E-state index in [2.05, 4.69) is 23.5 Å². The highest BCUT2D eigenvalue weighted by molar-refractivity contribution is 8.18. The van der Waals surface area contributed by atoms with E-state index in [0.717, 1.165) is 61.6 Å². The van der Waals surface area contributed by atoms with Crippen LogP contribution in [0.1, 0.15) is 85.3 Å². The lowest BCUT2D eigenvalue weighted by molar-refractivity contribution is 0.0690. The molecule has 42 heavy (non-hydrogen) atoms. The van der Waals surface area contributed by atoms with Gasteiger partial charge in [-0.3, -0.25) is 0 Å². The van der Waals surface area contributed by atoms with Gasteiger partial charge in [0.15, 0.2) is 0 Å². The number of carbonyl (C=O) groups is 1. The van der Waals surface area contributed by atoms with Crippen molar-refractivity contribution in [2.45, 2.75) is 88.1 Å². The van der Waals surface area contributed by atoms with E-state index in [-0.39, 0.29) is 22.4 Å². The second kappa shape index (κ2) is 16.9. The molecule has 226 valence electrons. The number of carboxylic acid groups (broad SMARTS) is 1. The molecule has 1 atom stereocenters. The Morgan fingerprint density at radius 1 is 0.857 bits per heavy atom. The molecule has 1 aliphatic heterocycles. The number of carboxylic acids is 1. The van der Waals surface area contributed by atoms with Crippen molar-refractivity contribution >= 4 is 29.5 Å². The summed E-state index contributed by atoms with van der Waals surface area (Å²) < 4.78 is 12.5. The molecule has 1 heterocycles. The average molecular weight is 609 g/mol. The molecule has 0 saturated carbocycles. The van der Waals surface area contributed by atoms with E-state index in [1.807, 2.05) is 73.7 Å². The second-order valence-corrected chi connectivity index (χ2v) is 14.3. The minimum absolute atomic E-state index is 0.228. The maximum Gasteiger partial charge on any atom is 0.339 e. The highest BCUT2D eigenvalue weighted by Crippen LogP contribution is 2.49. The molecule has 0 bridgehead atoms. The SMILES string of the molecule is CC(O)CCCC1(CCCCCc2cc(OCc3ccccc3)cc(OCc3ccccc3)c2C(=O)O)SCCCS1. The Morgan fingerprint density at radius 2 is 1.48 bits per heavy atom. The van der Waals surface area contributed by atoms with E-state index in [1.165, 1.54) is 17.9 Å². The quantitative estimate of drug-likeness (QED) is 0.148. The van der Waals surface area contributed by atoms with Crippen LogP contribution >= 0.6 is 23.5 Å². The fraction of sp³-hybridized carbons (Fsp3) is 0.457. The summed E-state index contributed by atoms with van der Waals surface area (Å²) in [5.74, 6) is 2.42. The normalized spacial score (nSPS) is 15.2. The first kappa shape index (κ1) is 32.3. The van der Waals surface area contributed by atoms with Crippen LogP contribution in [0.4, 0.5) is 0 Å². The Balaban J connectivity index is 1.43. The molecule has 7 heteroatoms. The van der Waals surface area contributed by atoms with Crippen molar-refractivity contribution in [2.75, 3.05) is 11.5 Å². The number of unbranched alkanes of at least 4 members (excludes halogenated alkanes) is 2. The first-order valence-electron chi connectivity index (χ1n) is 15.1. The molecule has 0 amide bonds. The van der Waals surface area contributed by atoms with E-state index < -0.39 is 5.97 Å². The Labute approximate surface area is 259 Å². The zero-order chi connectivity index (χ0) is 29.6. The summed E-state index contributed by atoms with van der Waals surface area (Å²) in [5.41, 5.74) is 3.01. The predicted octanol–water partition coefficient (Wildman–Crippen LogP) is 8.76. The van der Waals surface area contributed by atoms with Crippen LogP contribution in [0.15, 0.2) is 72.8 Å². The molecule has 0 radical (unpaired) electrons. The van der Waals surface area contributed by atoms with Gasteiger partial charge in [-0.05, 0) is 86.1 Å². The van der Waals surface area contributed by atoms with Gasteiger partial charge in [0, 0.05) is 6.07 Å². The summed E-state index contributed by atoms with van der Waals surface area (Å²) in [4.78, 5) is 12.5. The van der Waals surface area contributed by atoms with Crippen LogP contribution in [0, 0.1) is 0 Å². The summed E-state index contributed by atoms with van der Waals surface area (Å²) in [6.07, 6.45) is 8.94. The van der Waals surface area contributed by atoms with E-state index in [9.17, 15) is 15.0 Å². The molecule has 3 aromatic carbocycles. The summed E-state index contributed by atoms with van der Waals surface area (Å²) in [6, 6.07) is 23.3. The van der Waals surface area contributed by atoms with Crippen molar-refractivity contribution in [2.24, 2.45) is 0 Å². The second-order valence-electron chi connectivity index (χ2n) is 11.1. The third-order valence-corrected chi connectivity index (χ3v) is 11.1. The number of rotatable bonds is 17. The van der Waals surface area contributed by atoms with E-state index in [1.54, 1.807) is 6.07 Å². The van der Waals surface area contributed by atoms with Crippen LogP contribution in [-0.2, 0) is 19.6 Å².